The molecule has 0 atom stereocenters. The quantitative estimate of drug-likeness (QED) is 0.423. The zero-order chi connectivity index (χ0) is 24.2. The van der Waals surface area contributed by atoms with Gasteiger partial charge in [-0.3, -0.25) is 14.2 Å². The van der Waals surface area contributed by atoms with Crippen LogP contribution in [-0.2, 0) is 31.1 Å². The Hall–Kier alpha value is -4.21. The summed E-state index contributed by atoms with van der Waals surface area (Å²) in [5.41, 5.74) is 0.798. The predicted octanol–water partition coefficient (Wildman–Crippen LogP) is 2.86. The van der Waals surface area contributed by atoms with Gasteiger partial charge < -0.3 is 9.88 Å². The first-order chi connectivity index (χ1) is 16.2. The number of amides is 1. The number of hydrogen-bond acceptors (Lipinski definition) is 6. The fourth-order valence-electron chi connectivity index (χ4n) is 4.14. The number of H-pyrrole nitrogens is 1. The lowest BCUT2D eigenvalue weighted by atomic mass is 10.1. The van der Waals surface area contributed by atoms with Crippen molar-refractivity contribution in [3.05, 3.63) is 35.7 Å². The van der Waals surface area contributed by atoms with Crippen LogP contribution in [0.15, 0.2) is 18.6 Å². The number of fused-ring (bicyclic) bond motifs is 6. The first kappa shape index (κ1) is 21.6. The smallest absolute Gasteiger partial charge is 0.344 e. The monoisotopic (exact) mass is 469 g/mol. The molecule has 0 aromatic carbocycles. The third kappa shape index (κ3) is 3.47. The minimum absolute atomic E-state index is 0.113. The van der Waals surface area contributed by atoms with Crippen molar-refractivity contribution in [1.82, 2.24) is 39.4 Å². The maximum absolute atomic E-state index is 13.8. The Morgan fingerprint density at radius 2 is 2.00 bits per heavy atom. The highest BCUT2D eigenvalue weighted by molar-refractivity contribution is 5.92. The summed E-state index contributed by atoms with van der Waals surface area (Å²) in [6.45, 7) is 0.266. The van der Waals surface area contributed by atoms with E-state index in [9.17, 15) is 23.2 Å². The van der Waals surface area contributed by atoms with E-state index in [1.165, 1.54) is 32.9 Å². The Kier molecular flexibility index (Phi) is 4.89. The molecule has 1 aliphatic rings. The van der Waals surface area contributed by atoms with Crippen LogP contribution in [0.5, 0.6) is 0 Å². The van der Waals surface area contributed by atoms with Crippen molar-refractivity contribution in [2.75, 3.05) is 7.05 Å². The highest BCUT2D eigenvalue weighted by atomic mass is 19.4. The Labute approximate surface area is 190 Å². The van der Waals surface area contributed by atoms with Crippen LogP contribution in [0.25, 0.3) is 33.5 Å². The molecule has 174 valence electrons. The van der Waals surface area contributed by atoms with Crippen molar-refractivity contribution >= 4 is 17.1 Å². The number of carbonyl (C=O) groups excluding carboxylic acids is 1. The third-order valence-corrected chi connectivity index (χ3v) is 5.77. The second-order valence-corrected chi connectivity index (χ2v) is 8.07. The van der Waals surface area contributed by atoms with Gasteiger partial charge in [0.25, 0.3) is 0 Å². The lowest BCUT2D eigenvalue weighted by Crippen LogP contribution is -2.26. The number of alkyl halides is 3. The van der Waals surface area contributed by atoms with Gasteiger partial charge in [-0.05, 0) is 6.42 Å². The van der Waals surface area contributed by atoms with Crippen molar-refractivity contribution in [2.45, 2.75) is 32.1 Å². The lowest BCUT2D eigenvalue weighted by Gasteiger charge is -2.16. The highest BCUT2D eigenvalue weighted by Gasteiger charge is 2.38. The van der Waals surface area contributed by atoms with Gasteiger partial charge in [-0.1, -0.05) is 0 Å². The molecule has 13 heteroatoms. The summed E-state index contributed by atoms with van der Waals surface area (Å²) < 4.78 is 44.1. The number of aromatic amines is 1. The average Bonchev–Trinajstić information content (AvgIpc) is 3.46. The van der Waals surface area contributed by atoms with Crippen LogP contribution in [0.1, 0.15) is 29.9 Å². The van der Waals surface area contributed by atoms with E-state index < -0.39 is 11.9 Å². The summed E-state index contributed by atoms with van der Waals surface area (Å²) in [7, 11) is 3.21. The van der Waals surface area contributed by atoms with E-state index in [-0.39, 0.29) is 53.4 Å². The molecule has 4 aromatic rings. The summed E-state index contributed by atoms with van der Waals surface area (Å²) in [6, 6.07) is 2.09. The number of rotatable bonds is 0. The Balaban J connectivity index is 1.79. The maximum Gasteiger partial charge on any atom is 0.435 e. The van der Waals surface area contributed by atoms with Crippen LogP contribution in [-0.4, -0.2) is 52.4 Å². The van der Waals surface area contributed by atoms with Crippen LogP contribution in [0.2, 0.25) is 0 Å². The van der Waals surface area contributed by atoms with E-state index >= 15 is 0 Å². The number of nitrogens with zero attached hydrogens (tertiary/aromatic N) is 8. The molecule has 1 N–H and O–H groups in total. The standard InChI is InChI=1S/C21H18F3N9O/c1-31-10-14-17(15(6-25)32(2)29-14)13-8-27-20-18(28-13)11(7-26-20)12-9-33(5-3-4-16(31)34)30-19(12)21(22,23)24/h7-9H,3-5,10H2,1-2H3,(H,26,27). The zero-order valence-electron chi connectivity index (χ0n) is 18.2. The van der Waals surface area contributed by atoms with Gasteiger partial charge in [0.05, 0.1) is 29.7 Å². The molecule has 4 bridgehead atoms. The molecule has 0 saturated heterocycles. The number of aryl methyl sites for hydroxylation is 2. The van der Waals surface area contributed by atoms with Gasteiger partial charge in [0.2, 0.25) is 5.91 Å². The minimum Gasteiger partial charge on any atom is -0.344 e. The van der Waals surface area contributed by atoms with E-state index in [0.29, 0.717) is 23.3 Å². The fraction of sp³-hybridized carbons (Fsp3) is 0.333. The molecular weight excluding hydrogens is 451 g/mol. The van der Waals surface area contributed by atoms with Crippen molar-refractivity contribution in [3.8, 4) is 28.5 Å². The summed E-state index contributed by atoms with van der Waals surface area (Å²) in [5, 5.41) is 17.9. The molecule has 10 nitrogen and oxygen atoms in total. The van der Waals surface area contributed by atoms with Crippen LogP contribution in [0, 0.1) is 11.3 Å². The predicted molar refractivity (Wildman–Crippen MR) is 113 cm³/mol. The summed E-state index contributed by atoms with van der Waals surface area (Å²) in [6.07, 6.45) is -0.128. The Morgan fingerprint density at radius 3 is 2.74 bits per heavy atom. The van der Waals surface area contributed by atoms with Crippen molar-refractivity contribution in [2.24, 2.45) is 7.05 Å². The number of nitrogens with one attached hydrogen (secondary N) is 1. The maximum atomic E-state index is 13.8. The molecule has 0 fully saturated rings. The number of nitriles is 1. The Bertz CT molecular complexity index is 1470. The van der Waals surface area contributed by atoms with Crippen LogP contribution in [0.4, 0.5) is 13.2 Å². The topological polar surface area (TPSA) is 121 Å². The molecule has 0 aliphatic carbocycles. The zero-order valence-corrected chi connectivity index (χ0v) is 18.2. The first-order valence-corrected chi connectivity index (χ1v) is 10.4. The Morgan fingerprint density at radius 1 is 1.21 bits per heavy atom. The van der Waals surface area contributed by atoms with Gasteiger partial charge in [-0.15, -0.1) is 0 Å². The first-order valence-electron chi connectivity index (χ1n) is 10.4. The van der Waals surface area contributed by atoms with E-state index in [1.807, 2.05) is 0 Å². The molecule has 4 aromatic heterocycles. The summed E-state index contributed by atoms with van der Waals surface area (Å²) in [4.78, 5) is 25.9. The van der Waals surface area contributed by atoms with Crippen LogP contribution in [0.3, 0.4) is 0 Å². The van der Waals surface area contributed by atoms with Crippen molar-refractivity contribution in [3.63, 3.8) is 0 Å². The van der Waals surface area contributed by atoms with E-state index in [2.05, 4.69) is 31.2 Å². The van der Waals surface area contributed by atoms with Gasteiger partial charge in [-0.2, -0.15) is 28.6 Å². The lowest BCUT2D eigenvalue weighted by molar-refractivity contribution is -0.141. The molecule has 0 unspecified atom stereocenters. The molecule has 0 saturated carbocycles. The van der Waals surface area contributed by atoms with Gasteiger partial charge >= 0.3 is 6.18 Å². The molecule has 5 rings (SSSR count). The number of aromatic nitrogens is 7. The third-order valence-electron chi connectivity index (χ3n) is 5.77. The van der Waals surface area contributed by atoms with E-state index in [4.69, 9.17) is 0 Å². The summed E-state index contributed by atoms with van der Waals surface area (Å²) >= 11 is 0. The van der Waals surface area contributed by atoms with Gasteiger partial charge in [-0.25, -0.2) is 9.97 Å². The van der Waals surface area contributed by atoms with Crippen LogP contribution < -0.4 is 0 Å². The molecule has 0 spiro atoms. The largest absolute Gasteiger partial charge is 0.435 e. The normalized spacial score (nSPS) is 14.7. The van der Waals surface area contributed by atoms with Crippen molar-refractivity contribution in [1.29, 1.82) is 5.26 Å². The number of hydrogen-bond donors (Lipinski definition) is 1. The second-order valence-electron chi connectivity index (χ2n) is 8.07. The van der Waals surface area contributed by atoms with E-state index in [1.54, 1.807) is 14.1 Å². The average molecular weight is 469 g/mol. The molecular formula is C21H18F3N9O. The van der Waals surface area contributed by atoms with Gasteiger partial charge in [0, 0.05) is 50.6 Å². The SMILES string of the molecule is CN1Cc2nn(C)c(C#N)c2-c2cnc3[nH]cc(c3n2)-c2cn(nc2C(F)(F)F)CCCC1=O. The molecule has 5 heterocycles. The molecule has 1 amide bonds. The molecule has 0 radical (unpaired) electrons. The minimum atomic E-state index is -4.69. The number of halogens is 3. The van der Waals surface area contributed by atoms with Gasteiger partial charge in [0.15, 0.2) is 11.3 Å². The van der Waals surface area contributed by atoms with Crippen LogP contribution >= 0.6 is 0 Å². The highest BCUT2D eigenvalue weighted by Crippen LogP contribution is 2.39. The second kappa shape index (κ2) is 7.68. The molecule has 1 aliphatic heterocycles. The van der Waals surface area contributed by atoms with Gasteiger partial charge in [0.1, 0.15) is 17.3 Å². The fourth-order valence-corrected chi connectivity index (χ4v) is 4.14. The summed E-state index contributed by atoms with van der Waals surface area (Å²) in [5.74, 6) is -0.207. The number of carbonyl (C=O) groups is 1. The van der Waals surface area contributed by atoms with Crippen molar-refractivity contribution < 1.29 is 18.0 Å². The van der Waals surface area contributed by atoms with E-state index in [0.717, 1.165) is 0 Å². The molecule has 34 heavy (non-hydrogen) atoms.